The van der Waals surface area contributed by atoms with Gasteiger partial charge in [-0.05, 0) is 12.1 Å². The van der Waals surface area contributed by atoms with Crippen molar-refractivity contribution in [3.8, 4) is 0 Å². The van der Waals surface area contributed by atoms with Crippen molar-refractivity contribution < 1.29 is 9.21 Å². The molecule has 0 bridgehead atoms. The number of ketones is 1. The SMILES string of the molecule is O=C(CBr)c1coc2ccccc2c1=O. The number of carbonyl (C=O) groups is 1. The van der Waals surface area contributed by atoms with Crippen molar-refractivity contribution in [3.05, 3.63) is 46.3 Å². The van der Waals surface area contributed by atoms with E-state index in [1.54, 1.807) is 24.3 Å². The van der Waals surface area contributed by atoms with Gasteiger partial charge in [0.05, 0.1) is 10.7 Å². The largest absolute Gasteiger partial charge is 0.463 e. The maximum Gasteiger partial charge on any atom is 0.203 e. The molecule has 2 rings (SSSR count). The summed E-state index contributed by atoms with van der Waals surface area (Å²) in [7, 11) is 0. The topological polar surface area (TPSA) is 47.3 Å². The number of fused-ring (bicyclic) bond motifs is 1. The van der Waals surface area contributed by atoms with Crippen molar-refractivity contribution in [2.24, 2.45) is 0 Å². The molecular formula is C11H7BrO3. The number of Topliss-reactive ketones (excluding diaryl/α,β-unsaturated/α-hetero) is 1. The van der Waals surface area contributed by atoms with Crippen LogP contribution in [0.5, 0.6) is 0 Å². The summed E-state index contributed by atoms with van der Waals surface area (Å²) in [6.07, 6.45) is 1.22. The van der Waals surface area contributed by atoms with Crippen LogP contribution in [-0.2, 0) is 0 Å². The highest BCUT2D eigenvalue weighted by atomic mass is 79.9. The summed E-state index contributed by atoms with van der Waals surface area (Å²) >= 11 is 3.02. The minimum Gasteiger partial charge on any atom is -0.463 e. The zero-order valence-electron chi connectivity index (χ0n) is 7.70. The number of rotatable bonds is 2. The van der Waals surface area contributed by atoms with E-state index in [2.05, 4.69) is 15.9 Å². The maximum absolute atomic E-state index is 11.8. The molecule has 0 saturated carbocycles. The molecule has 3 nitrogen and oxygen atoms in total. The molecule has 0 amide bonds. The van der Waals surface area contributed by atoms with E-state index in [-0.39, 0.29) is 22.1 Å². The van der Waals surface area contributed by atoms with E-state index in [1.165, 1.54) is 6.26 Å². The minimum atomic E-state index is -0.277. The summed E-state index contributed by atoms with van der Waals surface area (Å²) in [5.74, 6) is -0.269. The molecule has 15 heavy (non-hydrogen) atoms. The minimum absolute atomic E-state index is 0.0885. The second kappa shape index (κ2) is 3.98. The van der Waals surface area contributed by atoms with E-state index in [0.717, 1.165) is 0 Å². The quantitative estimate of drug-likeness (QED) is 0.620. The van der Waals surface area contributed by atoms with Gasteiger partial charge in [-0.2, -0.15) is 0 Å². The number of alkyl halides is 1. The van der Waals surface area contributed by atoms with E-state index in [4.69, 9.17) is 4.42 Å². The van der Waals surface area contributed by atoms with Gasteiger partial charge >= 0.3 is 0 Å². The lowest BCUT2D eigenvalue weighted by molar-refractivity contribution is 0.102. The van der Waals surface area contributed by atoms with Crippen molar-refractivity contribution in [2.45, 2.75) is 0 Å². The molecule has 0 unspecified atom stereocenters. The first kappa shape index (κ1) is 10.1. The third-order valence-corrected chi connectivity index (χ3v) is 2.61. The number of carbonyl (C=O) groups excluding carboxylic acids is 1. The summed E-state index contributed by atoms with van der Waals surface area (Å²) in [6.45, 7) is 0. The Bertz CT molecular complexity index is 571. The van der Waals surface area contributed by atoms with Crippen LogP contribution in [0.25, 0.3) is 11.0 Å². The van der Waals surface area contributed by atoms with Gasteiger partial charge in [-0.25, -0.2) is 0 Å². The summed E-state index contributed by atoms with van der Waals surface area (Å²) in [5.41, 5.74) is 0.306. The molecule has 4 heteroatoms. The van der Waals surface area contributed by atoms with Gasteiger partial charge in [0.2, 0.25) is 5.43 Å². The monoisotopic (exact) mass is 266 g/mol. The molecule has 0 fully saturated rings. The molecule has 2 aromatic rings. The van der Waals surface area contributed by atoms with Crippen LogP contribution in [0.4, 0.5) is 0 Å². The van der Waals surface area contributed by atoms with E-state index < -0.39 is 0 Å². The second-order valence-corrected chi connectivity index (χ2v) is 3.59. The molecule has 1 aromatic carbocycles. The third-order valence-electron chi connectivity index (χ3n) is 2.10. The first-order valence-corrected chi connectivity index (χ1v) is 5.46. The molecule has 1 heterocycles. The highest BCUT2D eigenvalue weighted by Gasteiger charge is 2.12. The van der Waals surface area contributed by atoms with Gasteiger partial charge in [0.25, 0.3) is 0 Å². The van der Waals surface area contributed by atoms with Crippen LogP contribution in [0.3, 0.4) is 0 Å². The Hall–Kier alpha value is -1.42. The maximum atomic E-state index is 11.8. The smallest absolute Gasteiger partial charge is 0.203 e. The number of para-hydroxylation sites is 1. The number of halogens is 1. The van der Waals surface area contributed by atoms with Gasteiger partial charge < -0.3 is 4.42 Å². The van der Waals surface area contributed by atoms with Gasteiger partial charge in [-0.3, -0.25) is 9.59 Å². The Morgan fingerprint density at radius 1 is 1.33 bits per heavy atom. The van der Waals surface area contributed by atoms with Crippen LogP contribution >= 0.6 is 15.9 Å². The Kier molecular flexibility index (Phi) is 2.68. The summed E-state index contributed by atoms with van der Waals surface area (Å²) in [5, 5.41) is 0.556. The van der Waals surface area contributed by atoms with Crippen molar-refractivity contribution in [3.63, 3.8) is 0 Å². The standard InChI is InChI=1S/C11H7BrO3/c12-5-9(13)8-6-15-10-4-2-1-3-7(10)11(8)14/h1-4,6H,5H2. The third kappa shape index (κ3) is 1.72. The van der Waals surface area contributed by atoms with E-state index in [0.29, 0.717) is 11.0 Å². The van der Waals surface area contributed by atoms with Crippen LogP contribution < -0.4 is 5.43 Å². The molecule has 0 N–H and O–H groups in total. The molecule has 0 aliphatic rings. The zero-order valence-corrected chi connectivity index (χ0v) is 9.28. The zero-order chi connectivity index (χ0) is 10.8. The van der Waals surface area contributed by atoms with E-state index in [9.17, 15) is 9.59 Å². The molecule has 0 radical (unpaired) electrons. The normalized spacial score (nSPS) is 10.5. The van der Waals surface area contributed by atoms with Crippen molar-refractivity contribution in [1.29, 1.82) is 0 Å². The molecule has 0 aliphatic carbocycles. The van der Waals surface area contributed by atoms with E-state index >= 15 is 0 Å². The van der Waals surface area contributed by atoms with Gasteiger partial charge in [0.15, 0.2) is 5.78 Å². The molecule has 0 aliphatic heterocycles. The first-order valence-electron chi connectivity index (χ1n) is 4.33. The molecule has 0 spiro atoms. The van der Waals surface area contributed by atoms with Gasteiger partial charge in [-0.15, -0.1) is 0 Å². The van der Waals surface area contributed by atoms with Crippen molar-refractivity contribution in [2.75, 3.05) is 5.33 Å². The average molecular weight is 267 g/mol. The Balaban J connectivity index is 2.76. The Morgan fingerprint density at radius 3 is 2.80 bits per heavy atom. The van der Waals surface area contributed by atoms with E-state index in [1.807, 2.05) is 0 Å². The lowest BCUT2D eigenvalue weighted by Crippen LogP contribution is -2.15. The number of benzene rings is 1. The Labute approximate surface area is 93.8 Å². The summed E-state index contributed by atoms with van der Waals surface area (Å²) in [4.78, 5) is 23.2. The van der Waals surface area contributed by atoms with Gasteiger partial charge in [-0.1, -0.05) is 28.1 Å². The fraction of sp³-hybridized carbons (Fsp3) is 0.0909. The predicted molar refractivity (Wildman–Crippen MR) is 60.6 cm³/mol. The average Bonchev–Trinajstić information content (AvgIpc) is 2.29. The van der Waals surface area contributed by atoms with Gasteiger partial charge in [0.1, 0.15) is 17.4 Å². The van der Waals surface area contributed by atoms with Crippen molar-refractivity contribution >= 4 is 32.7 Å². The first-order chi connectivity index (χ1) is 7.24. The number of hydrogen-bond acceptors (Lipinski definition) is 3. The summed E-state index contributed by atoms with van der Waals surface area (Å²) in [6, 6.07) is 6.85. The lowest BCUT2D eigenvalue weighted by atomic mass is 10.1. The lowest BCUT2D eigenvalue weighted by Gasteiger charge is -1.98. The van der Waals surface area contributed by atoms with Gasteiger partial charge in [0, 0.05) is 0 Å². The molecule has 1 aromatic heterocycles. The van der Waals surface area contributed by atoms with Crippen LogP contribution in [0, 0.1) is 0 Å². The predicted octanol–water partition coefficient (Wildman–Crippen LogP) is 2.37. The van der Waals surface area contributed by atoms with Crippen LogP contribution in [0.15, 0.2) is 39.7 Å². The van der Waals surface area contributed by atoms with Crippen LogP contribution in [0.2, 0.25) is 0 Å². The molecule has 76 valence electrons. The summed E-state index contributed by atoms with van der Waals surface area (Å²) < 4.78 is 5.20. The fourth-order valence-corrected chi connectivity index (χ4v) is 1.64. The second-order valence-electron chi connectivity index (χ2n) is 3.03. The van der Waals surface area contributed by atoms with Crippen molar-refractivity contribution in [1.82, 2.24) is 0 Å². The molecular weight excluding hydrogens is 260 g/mol. The molecule has 0 saturated heterocycles. The molecule has 0 atom stereocenters. The highest BCUT2D eigenvalue weighted by molar-refractivity contribution is 9.09. The Morgan fingerprint density at radius 2 is 2.07 bits per heavy atom. The highest BCUT2D eigenvalue weighted by Crippen LogP contribution is 2.10. The fourth-order valence-electron chi connectivity index (χ4n) is 1.34. The van der Waals surface area contributed by atoms with Crippen LogP contribution in [0.1, 0.15) is 10.4 Å². The van der Waals surface area contributed by atoms with Crippen LogP contribution in [-0.4, -0.2) is 11.1 Å². The number of hydrogen-bond donors (Lipinski definition) is 0.